The fourth-order valence-electron chi connectivity index (χ4n) is 6.47. The smallest absolute Gasteiger partial charge is 0.146 e. The van der Waals surface area contributed by atoms with Crippen LogP contribution in [0.2, 0.25) is 0 Å². The highest BCUT2D eigenvalue weighted by Gasteiger charge is 2.28. The molecular weight excluding hydrogens is 428 g/mol. The number of hydrogen-bond acceptors (Lipinski definition) is 3. The Morgan fingerprint density at radius 1 is 0.686 bits per heavy atom. The van der Waals surface area contributed by atoms with Crippen molar-refractivity contribution in [1.29, 1.82) is 0 Å². The second-order valence-corrected chi connectivity index (χ2v) is 9.70. The third-order valence-corrected chi connectivity index (χ3v) is 7.95. The van der Waals surface area contributed by atoms with Crippen LogP contribution >= 0.6 is 0 Å². The maximum absolute atomic E-state index is 5.04. The third kappa shape index (κ3) is 2.15. The van der Waals surface area contributed by atoms with E-state index in [9.17, 15) is 0 Å². The van der Waals surface area contributed by atoms with Crippen LogP contribution in [0.3, 0.4) is 0 Å². The molecule has 0 spiro atoms. The number of fused-ring (bicyclic) bond motifs is 15. The maximum Gasteiger partial charge on any atom is 0.146 e. The summed E-state index contributed by atoms with van der Waals surface area (Å²) in [6.07, 6.45) is 7.54. The van der Waals surface area contributed by atoms with Gasteiger partial charge in [-0.3, -0.25) is 14.4 Å². The monoisotopic (exact) mass is 446 g/mol. The van der Waals surface area contributed by atoms with Crippen LogP contribution < -0.4 is 0 Å². The van der Waals surface area contributed by atoms with E-state index in [4.69, 9.17) is 9.97 Å². The quantitative estimate of drug-likeness (QED) is 0.243. The lowest BCUT2D eigenvalue weighted by Gasteiger charge is -2.12. The van der Waals surface area contributed by atoms with Crippen LogP contribution in [-0.2, 0) is 12.8 Å². The fraction of sp³-hybridized carbons (Fsp3) is 0.0645. The molecule has 9 rings (SSSR count). The molecule has 0 saturated heterocycles. The first kappa shape index (κ1) is 17.8. The molecule has 4 heteroatoms. The lowest BCUT2D eigenvalue weighted by molar-refractivity contribution is 1.24. The van der Waals surface area contributed by atoms with Gasteiger partial charge in [0.05, 0.1) is 28.3 Å². The number of imidazole rings is 1. The highest BCUT2D eigenvalue weighted by atomic mass is 15.0. The molecule has 4 nitrogen and oxygen atoms in total. The van der Waals surface area contributed by atoms with Crippen molar-refractivity contribution in [3.63, 3.8) is 0 Å². The topological polar surface area (TPSA) is 43.1 Å². The minimum Gasteiger partial charge on any atom is -0.289 e. The van der Waals surface area contributed by atoms with Crippen molar-refractivity contribution in [3.8, 4) is 22.3 Å². The van der Waals surface area contributed by atoms with Gasteiger partial charge < -0.3 is 0 Å². The highest BCUT2D eigenvalue weighted by Crippen LogP contribution is 2.47. The van der Waals surface area contributed by atoms with Crippen molar-refractivity contribution < 1.29 is 0 Å². The van der Waals surface area contributed by atoms with Gasteiger partial charge in [-0.2, -0.15) is 0 Å². The van der Waals surface area contributed by atoms with E-state index < -0.39 is 0 Å². The maximum atomic E-state index is 5.04. The summed E-state index contributed by atoms with van der Waals surface area (Å²) in [4.78, 5) is 14.3. The van der Waals surface area contributed by atoms with Gasteiger partial charge in [-0.15, -0.1) is 0 Å². The Morgan fingerprint density at radius 3 is 2.54 bits per heavy atom. The van der Waals surface area contributed by atoms with Crippen LogP contribution in [-0.4, -0.2) is 19.4 Å². The lowest BCUT2D eigenvalue weighted by Crippen LogP contribution is -1.96. The first-order chi connectivity index (χ1) is 17.3. The molecule has 7 aromatic rings. The number of rotatable bonds is 0. The van der Waals surface area contributed by atoms with Crippen molar-refractivity contribution >= 4 is 38.5 Å². The summed E-state index contributed by atoms with van der Waals surface area (Å²) < 4.78 is 2.22. The second-order valence-electron chi connectivity index (χ2n) is 9.70. The van der Waals surface area contributed by atoms with Crippen molar-refractivity contribution in [2.75, 3.05) is 0 Å². The summed E-state index contributed by atoms with van der Waals surface area (Å²) in [5, 5.41) is 2.38. The molecule has 162 valence electrons. The number of hydrogen-bond donors (Lipinski definition) is 0. The van der Waals surface area contributed by atoms with E-state index in [1.807, 2.05) is 30.7 Å². The van der Waals surface area contributed by atoms with Gasteiger partial charge >= 0.3 is 0 Å². The molecule has 0 amide bonds. The van der Waals surface area contributed by atoms with Gasteiger partial charge in [-0.1, -0.05) is 30.3 Å². The van der Waals surface area contributed by atoms with E-state index in [1.54, 1.807) is 0 Å². The van der Waals surface area contributed by atoms with E-state index >= 15 is 0 Å². The average Bonchev–Trinajstić information content (AvgIpc) is 3.58. The van der Waals surface area contributed by atoms with Crippen molar-refractivity contribution in [3.05, 3.63) is 108 Å². The summed E-state index contributed by atoms with van der Waals surface area (Å²) >= 11 is 0. The Labute approximate surface area is 200 Å². The summed E-state index contributed by atoms with van der Waals surface area (Å²) in [6.45, 7) is 0. The Balaban J connectivity index is 1.38. The van der Waals surface area contributed by atoms with Gasteiger partial charge in [0.25, 0.3) is 0 Å². The van der Waals surface area contributed by atoms with Crippen LogP contribution in [0.1, 0.15) is 22.3 Å². The van der Waals surface area contributed by atoms with E-state index in [2.05, 4.69) is 64.0 Å². The van der Waals surface area contributed by atoms with E-state index in [0.717, 1.165) is 45.9 Å². The van der Waals surface area contributed by atoms with Gasteiger partial charge in [0, 0.05) is 23.2 Å². The fourth-order valence-corrected chi connectivity index (χ4v) is 6.47. The Hall–Kier alpha value is -4.57. The second kappa shape index (κ2) is 6.10. The summed E-state index contributed by atoms with van der Waals surface area (Å²) in [5.74, 6) is 0. The molecule has 4 aromatic heterocycles. The average molecular weight is 447 g/mol. The molecule has 4 heterocycles. The molecule has 2 aliphatic rings. The van der Waals surface area contributed by atoms with Gasteiger partial charge in [0.15, 0.2) is 0 Å². The molecular formula is C31H18N4. The zero-order valence-electron chi connectivity index (χ0n) is 18.8. The Kier molecular flexibility index (Phi) is 3.11. The predicted octanol–water partition coefficient (Wildman–Crippen LogP) is 6.73. The summed E-state index contributed by atoms with van der Waals surface area (Å²) in [5.41, 5.74) is 16.2. The zero-order chi connectivity index (χ0) is 22.7. The van der Waals surface area contributed by atoms with Crippen LogP contribution in [0.25, 0.3) is 60.7 Å². The Morgan fingerprint density at radius 2 is 1.57 bits per heavy atom. The van der Waals surface area contributed by atoms with Crippen molar-refractivity contribution in [2.24, 2.45) is 0 Å². The molecule has 0 bridgehead atoms. The largest absolute Gasteiger partial charge is 0.289 e. The zero-order valence-corrected chi connectivity index (χ0v) is 18.8. The number of benzene rings is 3. The molecule has 0 N–H and O–H groups in total. The number of nitrogens with zero attached hydrogens (tertiary/aromatic N) is 4. The standard InChI is InChI=1S/C31H18N4/c1-2-5-20-17(4-1)12-18-13-24-19(14-23(18)20)15-25-21(24)7-8-22-29(25)30-27(6-3-10-33-30)35-28-16-32-11-9-26(28)34-31(22)35/h1-11,13-14,16H,12,15H2. The molecule has 0 aliphatic heterocycles. The third-order valence-electron chi connectivity index (χ3n) is 7.95. The highest BCUT2D eigenvalue weighted by molar-refractivity contribution is 6.15. The molecule has 0 radical (unpaired) electrons. The molecule has 0 saturated carbocycles. The number of aromatic nitrogens is 4. The first-order valence-corrected chi connectivity index (χ1v) is 12.0. The van der Waals surface area contributed by atoms with Gasteiger partial charge in [0.1, 0.15) is 5.65 Å². The normalized spacial score (nSPS) is 13.5. The van der Waals surface area contributed by atoms with Crippen LogP contribution in [0.4, 0.5) is 0 Å². The van der Waals surface area contributed by atoms with Crippen LogP contribution in [0, 0.1) is 0 Å². The first-order valence-electron chi connectivity index (χ1n) is 12.0. The van der Waals surface area contributed by atoms with E-state index in [0.29, 0.717) is 0 Å². The summed E-state index contributed by atoms with van der Waals surface area (Å²) in [6, 6.07) is 24.4. The van der Waals surface area contributed by atoms with Gasteiger partial charge in [0.2, 0.25) is 0 Å². The minimum atomic E-state index is 0.918. The molecule has 0 fully saturated rings. The summed E-state index contributed by atoms with van der Waals surface area (Å²) in [7, 11) is 0. The lowest BCUT2D eigenvalue weighted by atomic mass is 9.97. The van der Waals surface area contributed by atoms with Crippen molar-refractivity contribution in [1.82, 2.24) is 19.4 Å². The SMILES string of the molecule is c1ccc2c(c1)Cc1cc3c(cc1-2)Cc1c-3ccc2c1c1ncccc1n1c3cnccc3nc21. The molecule has 0 atom stereocenters. The van der Waals surface area contributed by atoms with E-state index in [1.165, 1.54) is 49.9 Å². The predicted molar refractivity (Wildman–Crippen MR) is 140 cm³/mol. The molecule has 2 aliphatic carbocycles. The minimum absolute atomic E-state index is 0.918. The number of pyridine rings is 3. The van der Waals surface area contributed by atoms with Crippen molar-refractivity contribution in [2.45, 2.75) is 12.8 Å². The molecule has 3 aromatic carbocycles. The van der Waals surface area contributed by atoms with E-state index in [-0.39, 0.29) is 0 Å². The van der Waals surface area contributed by atoms with Gasteiger partial charge in [-0.05, 0) is 93.7 Å². The Bertz CT molecular complexity index is 2070. The molecule has 35 heavy (non-hydrogen) atoms. The van der Waals surface area contributed by atoms with Crippen LogP contribution in [0.5, 0.6) is 0 Å². The van der Waals surface area contributed by atoms with Crippen LogP contribution in [0.15, 0.2) is 85.3 Å². The van der Waals surface area contributed by atoms with Gasteiger partial charge in [-0.25, -0.2) is 4.98 Å². The molecule has 0 unspecified atom stereocenters.